The first-order chi connectivity index (χ1) is 17.2. The fourth-order valence-electron chi connectivity index (χ4n) is 4.74. The van der Waals surface area contributed by atoms with E-state index in [-0.39, 0.29) is 11.3 Å². The predicted molar refractivity (Wildman–Crippen MR) is 141 cm³/mol. The van der Waals surface area contributed by atoms with Gasteiger partial charge in [0.1, 0.15) is 5.76 Å². The van der Waals surface area contributed by atoms with E-state index in [1.54, 1.807) is 25.3 Å². The van der Waals surface area contributed by atoms with Gasteiger partial charge in [0.05, 0.1) is 25.3 Å². The zero-order valence-corrected chi connectivity index (χ0v) is 21.5. The van der Waals surface area contributed by atoms with E-state index in [2.05, 4.69) is 0 Å². The molecule has 1 amide bonds. The minimum absolute atomic E-state index is 0.0429. The summed E-state index contributed by atoms with van der Waals surface area (Å²) in [6.45, 7) is 9.95. The third kappa shape index (κ3) is 4.35. The molecular formula is C30H31NO5. The molecule has 3 aromatic carbocycles. The van der Waals surface area contributed by atoms with Gasteiger partial charge in [-0.15, -0.1) is 0 Å². The normalized spacial score (nSPS) is 16.9. The Morgan fingerprint density at radius 1 is 0.889 bits per heavy atom. The molecule has 0 bridgehead atoms. The average molecular weight is 486 g/mol. The van der Waals surface area contributed by atoms with Crippen LogP contribution in [0.15, 0.2) is 60.2 Å². The summed E-state index contributed by atoms with van der Waals surface area (Å²) in [6, 6.07) is 15.8. The highest BCUT2D eigenvalue weighted by atomic mass is 16.5. The molecule has 4 rings (SSSR count). The van der Waals surface area contributed by atoms with Crippen molar-refractivity contribution in [2.45, 2.75) is 40.7 Å². The topological polar surface area (TPSA) is 76.1 Å². The molecule has 6 heteroatoms. The summed E-state index contributed by atoms with van der Waals surface area (Å²) >= 11 is 0. The van der Waals surface area contributed by atoms with Crippen LogP contribution in [0.3, 0.4) is 0 Å². The fourth-order valence-corrected chi connectivity index (χ4v) is 4.74. The van der Waals surface area contributed by atoms with Crippen molar-refractivity contribution in [3.63, 3.8) is 0 Å². The molecule has 1 atom stereocenters. The first kappa shape index (κ1) is 25.0. The molecule has 0 aliphatic carbocycles. The van der Waals surface area contributed by atoms with Gasteiger partial charge in [-0.05, 0) is 75.6 Å². The summed E-state index contributed by atoms with van der Waals surface area (Å²) in [6.07, 6.45) is 0. The van der Waals surface area contributed by atoms with Crippen LogP contribution in [0, 0.1) is 27.7 Å². The molecule has 1 N–H and O–H groups in total. The first-order valence-corrected chi connectivity index (χ1v) is 11.9. The van der Waals surface area contributed by atoms with E-state index in [0.717, 1.165) is 22.3 Å². The fraction of sp³-hybridized carbons (Fsp3) is 0.267. The van der Waals surface area contributed by atoms with Gasteiger partial charge < -0.3 is 14.6 Å². The molecule has 1 saturated heterocycles. The lowest BCUT2D eigenvalue weighted by Gasteiger charge is -2.27. The molecule has 0 aromatic heterocycles. The molecule has 1 fully saturated rings. The van der Waals surface area contributed by atoms with Crippen LogP contribution in [0.5, 0.6) is 11.5 Å². The summed E-state index contributed by atoms with van der Waals surface area (Å²) in [7, 11) is 1.56. The van der Waals surface area contributed by atoms with Gasteiger partial charge in [0.15, 0.2) is 11.5 Å². The first-order valence-electron chi connectivity index (χ1n) is 11.9. The Morgan fingerprint density at radius 2 is 1.58 bits per heavy atom. The van der Waals surface area contributed by atoms with Gasteiger partial charge in [0, 0.05) is 11.3 Å². The Kier molecular flexibility index (Phi) is 6.88. The number of carbonyl (C=O) groups is 2. The number of amides is 1. The zero-order chi connectivity index (χ0) is 26.1. The van der Waals surface area contributed by atoms with E-state index in [1.807, 2.05) is 71.0 Å². The summed E-state index contributed by atoms with van der Waals surface area (Å²) in [5.41, 5.74) is 5.45. The second-order valence-electron chi connectivity index (χ2n) is 9.12. The largest absolute Gasteiger partial charge is 0.507 e. The number of ketones is 1. The van der Waals surface area contributed by atoms with E-state index in [1.165, 1.54) is 4.90 Å². The number of Topliss-reactive ketones (excluding diaryl/α,β-unsaturated/α-hetero) is 1. The van der Waals surface area contributed by atoms with Crippen LogP contribution in [0.4, 0.5) is 5.69 Å². The van der Waals surface area contributed by atoms with Crippen LogP contribution in [0.2, 0.25) is 0 Å². The van der Waals surface area contributed by atoms with Crippen molar-refractivity contribution < 1.29 is 24.2 Å². The maximum Gasteiger partial charge on any atom is 0.300 e. The Hall–Kier alpha value is -4.06. The molecule has 36 heavy (non-hydrogen) atoms. The second-order valence-corrected chi connectivity index (χ2v) is 9.12. The Balaban J connectivity index is 2.02. The molecule has 0 spiro atoms. The maximum absolute atomic E-state index is 13.5. The number of hydrogen-bond acceptors (Lipinski definition) is 5. The van der Waals surface area contributed by atoms with E-state index < -0.39 is 17.7 Å². The van der Waals surface area contributed by atoms with Gasteiger partial charge in [0.2, 0.25) is 0 Å². The van der Waals surface area contributed by atoms with Gasteiger partial charge in [-0.2, -0.15) is 0 Å². The minimum atomic E-state index is -0.851. The van der Waals surface area contributed by atoms with Crippen molar-refractivity contribution >= 4 is 23.1 Å². The second kappa shape index (κ2) is 9.90. The number of ether oxygens (including phenoxy) is 2. The molecule has 0 radical (unpaired) electrons. The molecule has 186 valence electrons. The van der Waals surface area contributed by atoms with Crippen molar-refractivity contribution in [3.05, 3.63) is 93.6 Å². The Labute approximate surface area is 211 Å². The number of benzene rings is 3. The van der Waals surface area contributed by atoms with Crippen molar-refractivity contribution in [2.24, 2.45) is 0 Å². The Bertz CT molecular complexity index is 1390. The number of aliphatic hydroxyl groups is 1. The van der Waals surface area contributed by atoms with E-state index >= 15 is 0 Å². The van der Waals surface area contributed by atoms with Crippen LogP contribution in [-0.4, -0.2) is 30.5 Å². The van der Waals surface area contributed by atoms with Crippen LogP contribution < -0.4 is 14.4 Å². The lowest BCUT2D eigenvalue weighted by molar-refractivity contribution is -0.132. The Morgan fingerprint density at radius 3 is 2.25 bits per heavy atom. The van der Waals surface area contributed by atoms with Crippen molar-refractivity contribution in [2.75, 3.05) is 18.6 Å². The lowest BCUT2D eigenvalue weighted by atomic mass is 9.92. The summed E-state index contributed by atoms with van der Waals surface area (Å²) in [4.78, 5) is 28.5. The quantitative estimate of drug-likeness (QED) is 0.265. The number of aliphatic hydroxyl groups excluding tert-OH is 1. The van der Waals surface area contributed by atoms with Crippen LogP contribution in [0.1, 0.15) is 46.3 Å². The smallest absolute Gasteiger partial charge is 0.300 e. The van der Waals surface area contributed by atoms with E-state index in [4.69, 9.17) is 9.47 Å². The van der Waals surface area contributed by atoms with Crippen LogP contribution in [0.25, 0.3) is 5.76 Å². The predicted octanol–water partition coefficient (Wildman–Crippen LogP) is 5.95. The lowest BCUT2D eigenvalue weighted by Crippen LogP contribution is -2.30. The summed E-state index contributed by atoms with van der Waals surface area (Å²) in [5, 5.41) is 11.5. The maximum atomic E-state index is 13.5. The summed E-state index contributed by atoms with van der Waals surface area (Å²) in [5.74, 6) is -0.575. The number of carbonyl (C=O) groups excluding carboxylic acids is 2. The van der Waals surface area contributed by atoms with Gasteiger partial charge in [-0.3, -0.25) is 14.5 Å². The molecule has 0 saturated carbocycles. The molecular weight excluding hydrogens is 454 g/mol. The van der Waals surface area contributed by atoms with Gasteiger partial charge in [-0.25, -0.2) is 0 Å². The number of nitrogens with zero attached hydrogens (tertiary/aromatic N) is 1. The van der Waals surface area contributed by atoms with Crippen LogP contribution >= 0.6 is 0 Å². The van der Waals surface area contributed by atoms with Crippen molar-refractivity contribution in [1.29, 1.82) is 0 Å². The minimum Gasteiger partial charge on any atom is -0.507 e. The number of rotatable bonds is 6. The van der Waals surface area contributed by atoms with E-state index in [0.29, 0.717) is 34.9 Å². The standard InChI is InChI=1S/C30H31NO5/c1-7-36-25-16-21(11-13-24(25)35-6)27-26(28(32)22-15-18(3)8-10-19(22)4)29(33)30(34)31(27)23-12-9-17(2)14-20(23)5/h8-16,27,32H,7H2,1-6H3/b28-26+. The average Bonchev–Trinajstić information content (AvgIpc) is 3.10. The summed E-state index contributed by atoms with van der Waals surface area (Å²) < 4.78 is 11.2. The molecule has 6 nitrogen and oxygen atoms in total. The number of aryl methyl sites for hydroxylation is 4. The molecule has 1 aliphatic heterocycles. The van der Waals surface area contributed by atoms with Crippen LogP contribution in [-0.2, 0) is 9.59 Å². The third-order valence-electron chi connectivity index (χ3n) is 6.51. The van der Waals surface area contributed by atoms with Crippen molar-refractivity contribution in [1.82, 2.24) is 0 Å². The highest BCUT2D eigenvalue weighted by molar-refractivity contribution is 6.51. The number of methoxy groups -OCH3 is 1. The van der Waals surface area contributed by atoms with Crippen molar-refractivity contribution in [3.8, 4) is 11.5 Å². The van der Waals surface area contributed by atoms with E-state index in [9.17, 15) is 14.7 Å². The van der Waals surface area contributed by atoms with Gasteiger partial charge in [0.25, 0.3) is 11.7 Å². The number of anilines is 1. The number of hydrogen-bond donors (Lipinski definition) is 1. The molecule has 1 unspecified atom stereocenters. The van der Waals surface area contributed by atoms with Gasteiger partial charge in [-0.1, -0.05) is 41.5 Å². The SMILES string of the molecule is CCOc1cc(C2/C(=C(\O)c3cc(C)ccc3C)C(=O)C(=O)N2c2ccc(C)cc2C)ccc1OC. The highest BCUT2D eigenvalue weighted by Gasteiger charge is 2.47. The zero-order valence-electron chi connectivity index (χ0n) is 21.5. The van der Waals surface area contributed by atoms with Gasteiger partial charge >= 0.3 is 0 Å². The third-order valence-corrected chi connectivity index (χ3v) is 6.51. The molecule has 1 heterocycles. The molecule has 3 aromatic rings. The monoisotopic (exact) mass is 485 g/mol. The molecule has 1 aliphatic rings. The highest BCUT2D eigenvalue weighted by Crippen LogP contribution is 2.45.